The van der Waals surface area contributed by atoms with E-state index < -0.39 is 21.7 Å². The third-order valence-electron chi connectivity index (χ3n) is 4.75. The van der Waals surface area contributed by atoms with Crippen LogP contribution in [0.2, 0.25) is 0 Å². The number of hydrogen-bond acceptors (Lipinski definition) is 4. The Morgan fingerprint density at radius 1 is 1.07 bits per heavy atom. The van der Waals surface area contributed by atoms with Crippen LogP contribution in [0, 0.1) is 11.6 Å². The lowest BCUT2D eigenvalue weighted by Gasteiger charge is -2.18. The zero-order chi connectivity index (χ0) is 19.4. The first-order valence-electron chi connectivity index (χ1n) is 8.84. The highest BCUT2D eigenvalue weighted by atomic mass is 32.2. The largest absolute Gasteiger partial charge is 0.254 e. The molecule has 0 aliphatic carbocycles. The Labute approximate surface area is 158 Å². The van der Waals surface area contributed by atoms with Gasteiger partial charge in [0.2, 0.25) is 10.0 Å². The molecular weight excluding hydrogens is 372 g/mol. The lowest BCUT2D eigenvalue weighted by Crippen LogP contribution is -2.32. The zero-order valence-corrected chi connectivity index (χ0v) is 15.8. The van der Waals surface area contributed by atoms with Gasteiger partial charge in [0.05, 0.1) is 4.90 Å². The van der Waals surface area contributed by atoms with Gasteiger partial charge in [-0.3, -0.25) is 10.9 Å². The number of hydrogen-bond donors (Lipinski definition) is 2. The van der Waals surface area contributed by atoms with E-state index in [-0.39, 0.29) is 23.5 Å². The number of sulfonamides is 1. The first kappa shape index (κ1) is 19.9. The van der Waals surface area contributed by atoms with Gasteiger partial charge in [0.15, 0.2) is 0 Å². The van der Waals surface area contributed by atoms with E-state index in [1.54, 1.807) is 0 Å². The van der Waals surface area contributed by atoms with Gasteiger partial charge in [0, 0.05) is 31.7 Å². The number of benzene rings is 2. The van der Waals surface area contributed by atoms with E-state index in [2.05, 4.69) is 23.0 Å². The minimum atomic E-state index is -3.92. The van der Waals surface area contributed by atoms with E-state index in [1.807, 2.05) is 18.2 Å². The molecule has 1 aliphatic rings. The van der Waals surface area contributed by atoms with Crippen LogP contribution in [0.15, 0.2) is 53.4 Å². The van der Waals surface area contributed by atoms with Crippen molar-refractivity contribution in [1.82, 2.24) is 15.2 Å². The van der Waals surface area contributed by atoms with Crippen LogP contribution in [-0.4, -0.2) is 32.4 Å². The fourth-order valence-electron chi connectivity index (χ4n) is 3.25. The van der Waals surface area contributed by atoms with Crippen molar-refractivity contribution in [3.05, 3.63) is 65.7 Å². The smallest absolute Gasteiger partial charge is 0.243 e. The average molecular weight is 395 g/mol. The lowest BCUT2D eigenvalue weighted by molar-refractivity contribution is 0.427. The molecule has 0 aromatic heterocycles. The minimum absolute atomic E-state index is 0.230. The molecule has 1 fully saturated rings. The molecule has 8 heteroatoms. The Morgan fingerprint density at radius 3 is 2.41 bits per heavy atom. The molecule has 0 radical (unpaired) electrons. The summed E-state index contributed by atoms with van der Waals surface area (Å²) in [5, 5.41) is 0. The highest BCUT2D eigenvalue weighted by Gasteiger charge is 2.26. The van der Waals surface area contributed by atoms with Gasteiger partial charge in [0.1, 0.15) is 11.6 Å². The normalized spacial score (nSPS) is 20.3. The second-order valence-electron chi connectivity index (χ2n) is 6.76. The second kappa shape index (κ2) is 8.43. The molecular formula is C19H23F2N3O2S. The van der Waals surface area contributed by atoms with E-state index in [1.165, 1.54) is 12.6 Å². The molecule has 0 amide bonds. The zero-order valence-electron chi connectivity index (χ0n) is 15.0. The summed E-state index contributed by atoms with van der Waals surface area (Å²) >= 11 is 0. The molecule has 1 saturated heterocycles. The molecule has 0 saturated carbocycles. The Bertz CT molecular complexity index is 858. The average Bonchev–Trinajstić information content (AvgIpc) is 3.10. The molecule has 2 aromatic carbocycles. The van der Waals surface area contributed by atoms with Crippen molar-refractivity contribution in [2.45, 2.75) is 36.2 Å². The lowest BCUT2D eigenvalue weighted by atomic mass is 10.00. The van der Waals surface area contributed by atoms with Crippen LogP contribution >= 0.6 is 0 Å². The molecule has 2 unspecified atom stereocenters. The molecule has 0 bridgehead atoms. The quantitative estimate of drug-likeness (QED) is 0.757. The maximum absolute atomic E-state index is 13.3. The van der Waals surface area contributed by atoms with E-state index >= 15 is 0 Å². The van der Waals surface area contributed by atoms with Crippen LogP contribution in [0.25, 0.3) is 0 Å². The van der Waals surface area contributed by atoms with E-state index in [4.69, 9.17) is 0 Å². The highest BCUT2D eigenvalue weighted by Crippen LogP contribution is 2.24. The number of nitrogens with one attached hydrogen (secondary N) is 2. The molecule has 2 aromatic rings. The third-order valence-corrected chi connectivity index (χ3v) is 6.59. The molecule has 27 heavy (non-hydrogen) atoms. The molecule has 2 N–H and O–H groups in total. The monoisotopic (exact) mass is 395 g/mol. The number of halogens is 2. The van der Waals surface area contributed by atoms with Gasteiger partial charge in [-0.15, -0.1) is 0 Å². The van der Waals surface area contributed by atoms with E-state index in [0.29, 0.717) is 12.5 Å². The maximum atomic E-state index is 13.3. The Kier molecular flexibility index (Phi) is 6.21. The fraction of sp³-hybridized carbons (Fsp3) is 0.368. The van der Waals surface area contributed by atoms with Gasteiger partial charge in [-0.25, -0.2) is 21.5 Å². The molecule has 3 rings (SSSR count). The second-order valence-corrected chi connectivity index (χ2v) is 8.80. The molecule has 1 aliphatic heterocycles. The van der Waals surface area contributed by atoms with Crippen LogP contribution in [0.3, 0.4) is 0 Å². The molecule has 0 spiro atoms. The van der Waals surface area contributed by atoms with Gasteiger partial charge in [-0.1, -0.05) is 30.3 Å². The summed E-state index contributed by atoms with van der Waals surface area (Å²) < 4.78 is 52.7. The van der Waals surface area contributed by atoms with Gasteiger partial charge < -0.3 is 0 Å². The molecule has 2 atom stereocenters. The fourth-order valence-corrected chi connectivity index (χ4v) is 4.51. The summed E-state index contributed by atoms with van der Waals surface area (Å²) in [4.78, 5) is -0.368. The van der Waals surface area contributed by atoms with Gasteiger partial charge >= 0.3 is 0 Å². The van der Waals surface area contributed by atoms with Crippen LogP contribution in [0.5, 0.6) is 0 Å². The predicted octanol–water partition coefficient (Wildman–Crippen LogP) is 2.97. The molecule has 5 nitrogen and oxygen atoms in total. The SMILES string of the molecule is CN(CCCC1CC(c2ccccc2)NN1)S(=O)(=O)c1cc(F)cc(F)c1. The molecule has 146 valence electrons. The van der Waals surface area contributed by atoms with E-state index in [0.717, 1.165) is 29.3 Å². The van der Waals surface area contributed by atoms with Crippen molar-refractivity contribution in [2.75, 3.05) is 13.6 Å². The van der Waals surface area contributed by atoms with Crippen molar-refractivity contribution >= 4 is 10.0 Å². The Balaban J connectivity index is 1.51. The summed E-state index contributed by atoms with van der Waals surface area (Å²) in [6.45, 7) is 0.272. The summed E-state index contributed by atoms with van der Waals surface area (Å²) in [6.07, 6.45) is 2.33. The number of nitrogens with zero attached hydrogens (tertiary/aromatic N) is 1. The van der Waals surface area contributed by atoms with Crippen molar-refractivity contribution < 1.29 is 17.2 Å². The summed E-state index contributed by atoms with van der Waals surface area (Å²) in [5.41, 5.74) is 7.72. The summed E-state index contributed by atoms with van der Waals surface area (Å²) in [5.74, 6) is -1.81. The van der Waals surface area contributed by atoms with Gasteiger partial charge in [0.25, 0.3) is 0 Å². The standard InChI is InChI=1S/C19H23F2N3O2S/c1-24(27(25,26)18-11-15(20)10-16(21)12-18)9-5-8-17-13-19(23-22-17)14-6-3-2-4-7-14/h2-4,6-7,10-12,17,19,22-23H,5,8-9,13H2,1H3. The van der Waals surface area contributed by atoms with Crippen LogP contribution in [-0.2, 0) is 10.0 Å². The van der Waals surface area contributed by atoms with E-state index in [9.17, 15) is 17.2 Å². The van der Waals surface area contributed by atoms with Crippen molar-refractivity contribution in [3.8, 4) is 0 Å². The summed E-state index contributed by atoms with van der Waals surface area (Å²) in [6, 6.07) is 12.9. The summed E-state index contributed by atoms with van der Waals surface area (Å²) in [7, 11) is -2.49. The van der Waals surface area contributed by atoms with Crippen LogP contribution < -0.4 is 10.9 Å². The number of hydrazine groups is 1. The third kappa shape index (κ3) is 4.90. The van der Waals surface area contributed by atoms with Gasteiger partial charge in [-0.2, -0.15) is 0 Å². The van der Waals surface area contributed by atoms with Crippen molar-refractivity contribution in [2.24, 2.45) is 0 Å². The van der Waals surface area contributed by atoms with Crippen molar-refractivity contribution in [1.29, 1.82) is 0 Å². The Morgan fingerprint density at radius 2 is 1.74 bits per heavy atom. The topological polar surface area (TPSA) is 61.4 Å². The van der Waals surface area contributed by atoms with Crippen molar-refractivity contribution in [3.63, 3.8) is 0 Å². The minimum Gasteiger partial charge on any atom is -0.254 e. The first-order valence-corrected chi connectivity index (χ1v) is 10.3. The van der Waals surface area contributed by atoms with Gasteiger partial charge in [-0.05, 0) is 37.0 Å². The maximum Gasteiger partial charge on any atom is 0.243 e. The molecule has 1 heterocycles. The first-order chi connectivity index (χ1) is 12.9. The highest BCUT2D eigenvalue weighted by molar-refractivity contribution is 7.89. The number of rotatable bonds is 7. The van der Waals surface area contributed by atoms with Crippen LogP contribution in [0.4, 0.5) is 8.78 Å². The van der Waals surface area contributed by atoms with Crippen LogP contribution in [0.1, 0.15) is 30.9 Å². The predicted molar refractivity (Wildman–Crippen MR) is 99.3 cm³/mol. The Hall–Kier alpha value is -1.87.